The molecule has 2 rings (SSSR count). The van der Waals surface area contributed by atoms with Gasteiger partial charge in [0.25, 0.3) is 0 Å². The van der Waals surface area contributed by atoms with Gasteiger partial charge in [-0.1, -0.05) is 33.1 Å². The molecule has 0 aromatic rings. The standard InChI is InChI=1S/C15H28N2O/c1-11-8-9-14(12(2)10-11)17-15(18)16-13-6-4-3-5-7-13/h11-14H,3-10H2,1-2H3,(H2,16,17,18). The molecule has 0 heterocycles. The van der Waals surface area contributed by atoms with Crippen LogP contribution < -0.4 is 10.6 Å². The Balaban J connectivity index is 1.73. The lowest BCUT2D eigenvalue weighted by atomic mass is 9.80. The van der Waals surface area contributed by atoms with Crippen LogP contribution >= 0.6 is 0 Å². The first-order valence-electron chi connectivity index (χ1n) is 7.72. The van der Waals surface area contributed by atoms with Crippen LogP contribution in [-0.4, -0.2) is 18.1 Å². The lowest BCUT2D eigenvalue weighted by molar-refractivity contribution is 0.201. The SMILES string of the molecule is CC1CCC(NC(=O)NC2CCCCC2)C(C)C1. The van der Waals surface area contributed by atoms with Crippen LogP contribution in [-0.2, 0) is 0 Å². The van der Waals surface area contributed by atoms with Crippen molar-refractivity contribution in [3.8, 4) is 0 Å². The third-order valence-corrected chi connectivity index (χ3v) is 4.69. The number of carbonyl (C=O) groups is 1. The number of rotatable bonds is 2. The van der Waals surface area contributed by atoms with Crippen LogP contribution in [0.2, 0.25) is 0 Å². The summed E-state index contributed by atoms with van der Waals surface area (Å²) >= 11 is 0. The van der Waals surface area contributed by atoms with Crippen molar-refractivity contribution in [2.45, 2.75) is 77.3 Å². The van der Waals surface area contributed by atoms with Gasteiger partial charge in [0.15, 0.2) is 0 Å². The topological polar surface area (TPSA) is 41.1 Å². The summed E-state index contributed by atoms with van der Waals surface area (Å²) in [6.07, 6.45) is 9.81. The van der Waals surface area contributed by atoms with Gasteiger partial charge in [-0.3, -0.25) is 0 Å². The molecule has 0 spiro atoms. The Morgan fingerprint density at radius 3 is 2.33 bits per heavy atom. The molecule has 2 amide bonds. The molecule has 3 heteroatoms. The summed E-state index contributed by atoms with van der Waals surface area (Å²) in [4.78, 5) is 12.0. The van der Waals surface area contributed by atoms with Crippen molar-refractivity contribution in [3.63, 3.8) is 0 Å². The number of carbonyl (C=O) groups excluding carboxylic acids is 1. The molecule has 0 aromatic heterocycles. The summed E-state index contributed by atoms with van der Waals surface area (Å²) < 4.78 is 0. The van der Waals surface area contributed by atoms with Crippen LogP contribution in [0.25, 0.3) is 0 Å². The summed E-state index contributed by atoms with van der Waals surface area (Å²) in [5, 5.41) is 6.33. The first-order valence-corrected chi connectivity index (χ1v) is 7.72. The quantitative estimate of drug-likeness (QED) is 0.776. The molecule has 2 N–H and O–H groups in total. The van der Waals surface area contributed by atoms with Crippen molar-refractivity contribution in [2.75, 3.05) is 0 Å². The molecule has 0 bridgehead atoms. The molecule has 3 unspecified atom stereocenters. The van der Waals surface area contributed by atoms with E-state index in [4.69, 9.17) is 0 Å². The van der Waals surface area contributed by atoms with Crippen LogP contribution in [0, 0.1) is 11.8 Å². The van der Waals surface area contributed by atoms with Gasteiger partial charge in [-0.15, -0.1) is 0 Å². The summed E-state index contributed by atoms with van der Waals surface area (Å²) in [5.74, 6) is 1.44. The maximum Gasteiger partial charge on any atom is 0.315 e. The second kappa shape index (κ2) is 6.44. The predicted octanol–water partition coefficient (Wildman–Crippen LogP) is 3.44. The highest BCUT2D eigenvalue weighted by molar-refractivity contribution is 5.74. The van der Waals surface area contributed by atoms with Gasteiger partial charge in [0.1, 0.15) is 0 Å². The van der Waals surface area contributed by atoms with E-state index in [1.54, 1.807) is 0 Å². The van der Waals surface area contributed by atoms with Crippen molar-refractivity contribution in [1.29, 1.82) is 0 Å². The van der Waals surface area contributed by atoms with E-state index in [9.17, 15) is 4.79 Å². The van der Waals surface area contributed by atoms with Gasteiger partial charge in [0.05, 0.1) is 0 Å². The molecule has 0 radical (unpaired) electrons. The molecular formula is C15H28N2O. The zero-order valence-corrected chi connectivity index (χ0v) is 11.9. The molecule has 0 saturated heterocycles. The Hall–Kier alpha value is -0.730. The summed E-state index contributed by atoms with van der Waals surface area (Å²) in [6, 6.07) is 0.856. The van der Waals surface area contributed by atoms with E-state index in [1.165, 1.54) is 32.1 Å². The number of urea groups is 1. The molecule has 18 heavy (non-hydrogen) atoms. The largest absolute Gasteiger partial charge is 0.335 e. The molecular weight excluding hydrogens is 224 g/mol. The highest BCUT2D eigenvalue weighted by atomic mass is 16.2. The first kappa shape index (κ1) is 13.7. The summed E-state index contributed by atoms with van der Waals surface area (Å²) in [5.41, 5.74) is 0. The average Bonchev–Trinajstić information content (AvgIpc) is 2.34. The van der Waals surface area contributed by atoms with E-state index in [0.717, 1.165) is 25.2 Å². The Morgan fingerprint density at radius 2 is 1.67 bits per heavy atom. The van der Waals surface area contributed by atoms with Gasteiger partial charge >= 0.3 is 6.03 Å². The molecule has 2 aliphatic rings. The average molecular weight is 252 g/mol. The number of hydrogen-bond acceptors (Lipinski definition) is 1. The van der Waals surface area contributed by atoms with E-state index in [0.29, 0.717) is 18.0 Å². The van der Waals surface area contributed by atoms with Crippen molar-refractivity contribution in [1.82, 2.24) is 10.6 Å². The van der Waals surface area contributed by atoms with E-state index in [-0.39, 0.29) is 6.03 Å². The minimum atomic E-state index is 0.0632. The van der Waals surface area contributed by atoms with E-state index >= 15 is 0 Å². The second-order valence-electron chi connectivity index (χ2n) is 6.45. The second-order valence-corrected chi connectivity index (χ2v) is 6.45. The Labute approximate surface area is 111 Å². The van der Waals surface area contributed by atoms with Crippen molar-refractivity contribution in [3.05, 3.63) is 0 Å². The monoisotopic (exact) mass is 252 g/mol. The number of nitrogens with one attached hydrogen (secondary N) is 2. The fourth-order valence-corrected chi connectivity index (χ4v) is 3.52. The van der Waals surface area contributed by atoms with Crippen molar-refractivity contribution >= 4 is 6.03 Å². The minimum Gasteiger partial charge on any atom is -0.335 e. The van der Waals surface area contributed by atoms with Gasteiger partial charge in [-0.2, -0.15) is 0 Å². The van der Waals surface area contributed by atoms with E-state index < -0.39 is 0 Å². The fraction of sp³-hybridized carbons (Fsp3) is 0.933. The van der Waals surface area contributed by atoms with Crippen molar-refractivity contribution in [2.24, 2.45) is 11.8 Å². The molecule has 2 saturated carbocycles. The lowest BCUT2D eigenvalue weighted by Gasteiger charge is -2.33. The van der Waals surface area contributed by atoms with Crippen LogP contribution in [0.5, 0.6) is 0 Å². The molecule has 3 nitrogen and oxygen atoms in total. The third kappa shape index (κ3) is 3.89. The summed E-state index contributed by atoms with van der Waals surface area (Å²) in [7, 11) is 0. The predicted molar refractivity (Wildman–Crippen MR) is 74.5 cm³/mol. The number of hydrogen-bond donors (Lipinski definition) is 2. The maximum absolute atomic E-state index is 12.0. The van der Waals surface area contributed by atoms with Gasteiger partial charge in [-0.05, 0) is 43.9 Å². The Kier molecular flexibility index (Phi) is 4.90. The van der Waals surface area contributed by atoms with Gasteiger partial charge in [0, 0.05) is 12.1 Å². The normalized spacial score (nSPS) is 34.0. The van der Waals surface area contributed by atoms with Crippen LogP contribution in [0.3, 0.4) is 0 Å². The third-order valence-electron chi connectivity index (χ3n) is 4.69. The Morgan fingerprint density at radius 1 is 0.944 bits per heavy atom. The molecule has 104 valence electrons. The van der Waals surface area contributed by atoms with Crippen molar-refractivity contribution < 1.29 is 4.79 Å². The molecule has 2 aliphatic carbocycles. The first-order chi connectivity index (χ1) is 8.65. The molecule has 3 atom stereocenters. The molecule has 2 fully saturated rings. The minimum absolute atomic E-state index is 0.0632. The highest BCUT2D eigenvalue weighted by Gasteiger charge is 2.27. The molecule has 0 aromatic carbocycles. The highest BCUT2D eigenvalue weighted by Crippen LogP contribution is 2.28. The van der Waals surface area contributed by atoms with Crippen LogP contribution in [0.4, 0.5) is 4.79 Å². The van der Waals surface area contributed by atoms with E-state index in [2.05, 4.69) is 24.5 Å². The zero-order valence-electron chi connectivity index (χ0n) is 11.9. The molecule has 0 aliphatic heterocycles. The maximum atomic E-state index is 12.0. The van der Waals surface area contributed by atoms with E-state index in [1.807, 2.05) is 0 Å². The van der Waals surface area contributed by atoms with Gasteiger partial charge < -0.3 is 10.6 Å². The smallest absolute Gasteiger partial charge is 0.315 e. The fourth-order valence-electron chi connectivity index (χ4n) is 3.52. The summed E-state index contributed by atoms with van der Waals surface area (Å²) in [6.45, 7) is 4.58. The number of amides is 2. The lowest BCUT2D eigenvalue weighted by Crippen LogP contribution is -2.49. The zero-order chi connectivity index (χ0) is 13.0. The van der Waals surface area contributed by atoms with Gasteiger partial charge in [-0.25, -0.2) is 4.79 Å². The van der Waals surface area contributed by atoms with Crippen LogP contribution in [0.15, 0.2) is 0 Å². The van der Waals surface area contributed by atoms with Crippen LogP contribution in [0.1, 0.15) is 65.2 Å². The van der Waals surface area contributed by atoms with Gasteiger partial charge in [0.2, 0.25) is 0 Å². The Bertz CT molecular complexity index is 274.